The first-order valence-corrected chi connectivity index (χ1v) is 14.1. The highest BCUT2D eigenvalue weighted by atomic mass is 32.2. The number of hydrogen-bond acceptors (Lipinski definition) is 6. The van der Waals surface area contributed by atoms with Crippen molar-refractivity contribution in [3.8, 4) is 11.5 Å². The number of carbonyl (C=O) groups is 1. The number of aliphatic carboxylic acids is 1. The van der Waals surface area contributed by atoms with Gasteiger partial charge in [0.05, 0.1) is 11.0 Å². The number of rotatable bonds is 7. The van der Waals surface area contributed by atoms with E-state index in [2.05, 4.69) is 64.7 Å². The number of benzene rings is 3. The highest BCUT2D eigenvalue weighted by Gasteiger charge is 2.32. The molecular formula is C32H38N2O5S. The normalized spacial score (nSPS) is 14.6. The molecule has 8 heteroatoms. The molecule has 1 heterocycles. The summed E-state index contributed by atoms with van der Waals surface area (Å²) in [6, 6.07) is 16.6. The van der Waals surface area contributed by atoms with Crippen molar-refractivity contribution in [1.29, 1.82) is 0 Å². The largest absolute Gasteiger partial charge is 0.507 e. The average molecular weight is 563 g/mol. The van der Waals surface area contributed by atoms with Crippen LogP contribution in [0.3, 0.4) is 0 Å². The summed E-state index contributed by atoms with van der Waals surface area (Å²) in [7, 11) is 0. The summed E-state index contributed by atoms with van der Waals surface area (Å²) < 4.78 is 6.03. The number of aromatic nitrogens is 2. The summed E-state index contributed by atoms with van der Waals surface area (Å²) >= 11 is 1.64. The predicted octanol–water partition coefficient (Wildman–Crippen LogP) is 7.45. The van der Waals surface area contributed by atoms with Crippen LogP contribution in [0.1, 0.15) is 84.0 Å². The van der Waals surface area contributed by atoms with E-state index < -0.39 is 17.7 Å². The van der Waals surface area contributed by atoms with Crippen LogP contribution in [0.15, 0.2) is 64.4 Å². The standard InChI is InChI=1S/C32H38N2O5S/c1-18(39-20-11-9-19(10-12-20)32(8,38)29(36)37)28-33-25-14-13-21(17-26(25)34-28)40-22-15-23(30(2,3)4)27(35)24(16-22)31(5,6)7/h9-18,35,38H,1-8H3,(H,33,34)(H,36,37). The Balaban J connectivity index is 1.56. The van der Waals surface area contributed by atoms with Crippen LogP contribution in [0.5, 0.6) is 11.5 Å². The summed E-state index contributed by atoms with van der Waals surface area (Å²) in [4.78, 5) is 21.5. The van der Waals surface area contributed by atoms with Crippen molar-refractivity contribution in [3.63, 3.8) is 0 Å². The molecule has 3 aromatic carbocycles. The van der Waals surface area contributed by atoms with Gasteiger partial charge in [-0.1, -0.05) is 65.4 Å². The Bertz CT molecular complexity index is 1510. The minimum absolute atomic E-state index is 0.201. The number of nitrogens with zero attached hydrogens (tertiary/aromatic N) is 1. The SMILES string of the molecule is CC(Oc1ccc(C(C)(O)C(=O)O)cc1)c1nc2ccc(Sc3cc(C(C)(C)C)c(O)c(C(C)(C)C)c3)cc2[nH]1. The Morgan fingerprint density at radius 1 is 0.900 bits per heavy atom. The second-order valence-electron chi connectivity index (χ2n) is 12.4. The number of aromatic hydroxyl groups is 1. The fourth-order valence-electron chi connectivity index (χ4n) is 4.45. The number of imidazole rings is 1. The van der Waals surface area contributed by atoms with Gasteiger partial charge in [-0.25, -0.2) is 9.78 Å². The van der Waals surface area contributed by atoms with E-state index in [0.29, 0.717) is 17.3 Å². The number of aromatic amines is 1. The Labute approximate surface area is 239 Å². The quantitative estimate of drug-likeness (QED) is 0.185. The van der Waals surface area contributed by atoms with Crippen molar-refractivity contribution in [2.45, 2.75) is 87.7 Å². The molecule has 0 fully saturated rings. The fourth-order valence-corrected chi connectivity index (χ4v) is 5.39. The summed E-state index contributed by atoms with van der Waals surface area (Å²) in [5.74, 6) is 0.247. The van der Waals surface area contributed by atoms with Crippen molar-refractivity contribution in [3.05, 3.63) is 77.1 Å². The van der Waals surface area contributed by atoms with Crippen LogP contribution >= 0.6 is 11.8 Å². The average Bonchev–Trinajstić information content (AvgIpc) is 3.27. The molecule has 0 aliphatic rings. The van der Waals surface area contributed by atoms with E-state index in [0.717, 1.165) is 32.0 Å². The molecule has 40 heavy (non-hydrogen) atoms. The molecule has 0 saturated carbocycles. The Morgan fingerprint density at radius 2 is 1.48 bits per heavy atom. The van der Waals surface area contributed by atoms with Gasteiger partial charge in [0.15, 0.2) is 11.7 Å². The van der Waals surface area contributed by atoms with Crippen LogP contribution in [-0.2, 0) is 21.2 Å². The number of ether oxygens (including phenoxy) is 1. The Hall–Kier alpha value is -3.49. The smallest absolute Gasteiger partial charge is 0.340 e. The van der Waals surface area contributed by atoms with Gasteiger partial charge >= 0.3 is 5.97 Å². The van der Waals surface area contributed by atoms with E-state index in [4.69, 9.17) is 9.72 Å². The Kier molecular flexibility index (Phi) is 7.73. The molecule has 2 atom stereocenters. The van der Waals surface area contributed by atoms with Gasteiger partial charge in [0, 0.05) is 20.9 Å². The monoisotopic (exact) mass is 562 g/mol. The molecule has 2 unspecified atom stereocenters. The van der Waals surface area contributed by atoms with Gasteiger partial charge in [-0.15, -0.1) is 0 Å². The molecule has 1 aromatic heterocycles. The van der Waals surface area contributed by atoms with Crippen molar-refractivity contribution in [2.75, 3.05) is 0 Å². The van der Waals surface area contributed by atoms with Gasteiger partial charge in [-0.05, 0) is 72.7 Å². The lowest BCUT2D eigenvalue weighted by atomic mass is 9.79. The second kappa shape index (κ2) is 10.5. The fraction of sp³-hybridized carbons (Fsp3) is 0.375. The number of phenolic OH excluding ortho intramolecular Hbond substituents is 1. The van der Waals surface area contributed by atoms with E-state index in [1.165, 1.54) is 19.1 Å². The van der Waals surface area contributed by atoms with Crippen molar-refractivity contribution in [1.82, 2.24) is 9.97 Å². The molecule has 0 radical (unpaired) electrons. The van der Waals surface area contributed by atoms with E-state index in [9.17, 15) is 20.1 Å². The number of carboxylic acid groups (broad SMARTS) is 1. The van der Waals surface area contributed by atoms with Gasteiger partial charge in [0.2, 0.25) is 0 Å². The molecule has 4 N–H and O–H groups in total. The van der Waals surface area contributed by atoms with Crippen molar-refractivity contribution < 1.29 is 24.9 Å². The number of carboxylic acids is 1. The zero-order valence-electron chi connectivity index (χ0n) is 24.3. The first-order chi connectivity index (χ1) is 18.5. The third-order valence-electron chi connectivity index (χ3n) is 6.94. The third kappa shape index (κ3) is 6.13. The minimum Gasteiger partial charge on any atom is -0.507 e. The minimum atomic E-state index is -1.97. The topological polar surface area (TPSA) is 116 Å². The lowest BCUT2D eigenvalue weighted by Gasteiger charge is -2.28. The molecule has 4 aromatic rings. The number of H-pyrrole nitrogens is 1. The second-order valence-corrected chi connectivity index (χ2v) is 13.6. The van der Waals surface area contributed by atoms with Crippen LogP contribution in [0.4, 0.5) is 0 Å². The molecule has 7 nitrogen and oxygen atoms in total. The van der Waals surface area contributed by atoms with E-state index in [-0.39, 0.29) is 16.4 Å². The summed E-state index contributed by atoms with van der Waals surface area (Å²) in [5.41, 5.74) is 1.46. The van der Waals surface area contributed by atoms with Crippen LogP contribution in [-0.4, -0.2) is 31.3 Å². The first kappa shape index (κ1) is 29.5. The molecule has 4 rings (SSSR count). The molecule has 0 spiro atoms. The number of phenols is 1. The first-order valence-electron chi connectivity index (χ1n) is 13.3. The van der Waals surface area contributed by atoms with Gasteiger partial charge in [-0.2, -0.15) is 0 Å². The maximum atomic E-state index is 11.3. The summed E-state index contributed by atoms with van der Waals surface area (Å²) in [6.45, 7) is 15.8. The zero-order valence-corrected chi connectivity index (χ0v) is 25.1. The molecule has 0 aliphatic carbocycles. The number of nitrogens with one attached hydrogen (secondary N) is 1. The van der Waals surface area contributed by atoms with E-state index in [1.807, 2.05) is 19.1 Å². The van der Waals surface area contributed by atoms with Crippen molar-refractivity contribution in [2.24, 2.45) is 0 Å². The van der Waals surface area contributed by atoms with Gasteiger partial charge in [0.1, 0.15) is 17.3 Å². The molecule has 0 aliphatic heterocycles. The van der Waals surface area contributed by atoms with Crippen molar-refractivity contribution >= 4 is 28.8 Å². The van der Waals surface area contributed by atoms with Crippen LogP contribution in [0.2, 0.25) is 0 Å². The number of hydrogen-bond donors (Lipinski definition) is 4. The van der Waals surface area contributed by atoms with E-state index in [1.54, 1.807) is 23.9 Å². The van der Waals surface area contributed by atoms with Crippen LogP contribution < -0.4 is 4.74 Å². The highest BCUT2D eigenvalue weighted by molar-refractivity contribution is 7.99. The highest BCUT2D eigenvalue weighted by Crippen LogP contribution is 2.43. The maximum Gasteiger partial charge on any atom is 0.340 e. The molecule has 0 saturated heterocycles. The predicted molar refractivity (Wildman–Crippen MR) is 158 cm³/mol. The molecule has 212 valence electrons. The third-order valence-corrected chi connectivity index (χ3v) is 7.90. The lowest BCUT2D eigenvalue weighted by Crippen LogP contribution is -2.31. The number of fused-ring (bicyclic) bond motifs is 1. The Morgan fingerprint density at radius 3 is 2.00 bits per heavy atom. The van der Waals surface area contributed by atoms with Gasteiger partial charge < -0.3 is 25.0 Å². The molecule has 0 amide bonds. The van der Waals surface area contributed by atoms with Crippen LogP contribution in [0.25, 0.3) is 11.0 Å². The molecular weight excluding hydrogens is 524 g/mol. The van der Waals surface area contributed by atoms with Gasteiger partial charge in [-0.3, -0.25) is 0 Å². The number of aliphatic hydroxyl groups is 1. The summed E-state index contributed by atoms with van der Waals surface area (Å²) in [5, 5.41) is 30.4. The van der Waals surface area contributed by atoms with E-state index >= 15 is 0 Å². The maximum absolute atomic E-state index is 11.3. The lowest BCUT2D eigenvalue weighted by molar-refractivity contribution is -0.157. The summed E-state index contributed by atoms with van der Waals surface area (Å²) in [6.07, 6.45) is -0.393. The zero-order chi connectivity index (χ0) is 29.6. The van der Waals surface area contributed by atoms with Crippen LogP contribution in [0, 0.1) is 0 Å². The molecule has 0 bridgehead atoms. The van der Waals surface area contributed by atoms with Gasteiger partial charge in [0.25, 0.3) is 0 Å².